The molecule has 7 nitrogen and oxygen atoms in total. The number of ether oxygens (including phenoxy) is 1. The highest BCUT2D eigenvalue weighted by Crippen LogP contribution is 2.33. The molecule has 0 unspecified atom stereocenters. The van der Waals surface area contributed by atoms with Crippen molar-refractivity contribution in [3.8, 4) is 0 Å². The first kappa shape index (κ1) is 17.1. The van der Waals surface area contributed by atoms with E-state index in [2.05, 4.69) is 15.3 Å². The number of carbonyl (C=O) groups excluding carboxylic acids is 1. The van der Waals surface area contributed by atoms with E-state index in [-0.39, 0.29) is 5.92 Å². The van der Waals surface area contributed by atoms with Crippen molar-refractivity contribution in [1.29, 1.82) is 0 Å². The highest BCUT2D eigenvalue weighted by molar-refractivity contribution is 5.90. The summed E-state index contributed by atoms with van der Waals surface area (Å²) >= 11 is 0. The molecule has 1 saturated carbocycles. The van der Waals surface area contributed by atoms with Crippen LogP contribution in [0.1, 0.15) is 50.0 Å². The first-order valence-electron chi connectivity index (χ1n) is 9.45. The van der Waals surface area contributed by atoms with Crippen LogP contribution in [-0.2, 0) is 9.53 Å². The molecule has 26 heavy (non-hydrogen) atoms. The molecule has 3 N–H and O–H groups in total. The van der Waals surface area contributed by atoms with Crippen LogP contribution in [0.4, 0.5) is 11.8 Å². The molecule has 0 atom stereocenters. The van der Waals surface area contributed by atoms with Crippen molar-refractivity contribution in [3.05, 3.63) is 18.0 Å². The average molecular weight is 355 g/mol. The number of rotatable bonds is 4. The third-order valence-electron chi connectivity index (χ3n) is 5.64. The van der Waals surface area contributed by atoms with Crippen LogP contribution in [-0.4, -0.2) is 40.5 Å². The predicted molar refractivity (Wildman–Crippen MR) is 100.0 cm³/mol. The number of aldehydes is 1. The fourth-order valence-corrected chi connectivity index (χ4v) is 4.02. The lowest BCUT2D eigenvalue weighted by atomic mass is 9.87. The number of nitrogens with one attached hydrogen (secondary N) is 1. The molecular formula is C19H25N5O2. The van der Waals surface area contributed by atoms with E-state index >= 15 is 0 Å². The maximum atomic E-state index is 10.9. The lowest BCUT2D eigenvalue weighted by Gasteiger charge is -2.26. The predicted octanol–water partition coefficient (Wildman–Crippen LogP) is 2.67. The summed E-state index contributed by atoms with van der Waals surface area (Å²) in [6.45, 7) is 1.54. The average Bonchev–Trinajstić information content (AvgIpc) is 2.69. The van der Waals surface area contributed by atoms with Gasteiger partial charge in [-0.25, -0.2) is 15.0 Å². The van der Waals surface area contributed by atoms with Crippen molar-refractivity contribution in [1.82, 2.24) is 15.0 Å². The Hall–Kier alpha value is -2.28. The van der Waals surface area contributed by atoms with Gasteiger partial charge in [-0.2, -0.15) is 0 Å². The highest BCUT2D eigenvalue weighted by atomic mass is 16.5. The first-order valence-corrected chi connectivity index (χ1v) is 9.45. The van der Waals surface area contributed by atoms with Gasteiger partial charge < -0.3 is 20.6 Å². The number of pyridine rings is 1. The molecular weight excluding hydrogens is 330 g/mol. The van der Waals surface area contributed by atoms with E-state index in [9.17, 15) is 4.79 Å². The summed E-state index contributed by atoms with van der Waals surface area (Å²) in [4.78, 5) is 24.5. The highest BCUT2D eigenvalue weighted by Gasteiger charge is 2.23. The number of nitrogens with two attached hydrogens (primary N) is 1. The summed E-state index contributed by atoms with van der Waals surface area (Å²) in [5.74, 6) is 1.70. The van der Waals surface area contributed by atoms with Gasteiger partial charge in [0.2, 0.25) is 5.95 Å². The summed E-state index contributed by atoms with van der Waals surface area (Å²) in [7, 11) is 0. The maximum Gasteiger partial charge on any atom is 0.223 e. The Bertz CT molecular complexity index is 783. The van der Waals surface area contributed by atoms with Gasteiger partial charge >= 0.3 is 0 Å². The summed E-state index contributed by atoms with van der Waals surface area (Å²) in [5.41, 5.74) is 8.07. The number of aromatic nitrogens is 3. The van der Waals surface area contributed by atoms with Crippen molar-refractivity contribution in [3.63, 3.8) is 0 Å². The van der Waals surface area contributed by atoms with Crippen LogP contribution in [0.2, 0.25) is 0 Å². The minimum atomic E-state index is 0.205. The van der Waals surface area contributed by atoms with Crippen molar-refractivity contribution in [2.45, 2.75) is 50.5 Å². The topological polar surface area (TPSA) is 103 Å². The Morgan fingerprint density at radius 3 is 2.58 bits per heavy atom. The number of carbonyl (C=O) groups is 1. The number of anilines is 2. The standard InChI is InChI=1S/C19H25N5O2/c20-18-16-10-22-19(23-14-3-1-12(11-25)2-4-14)24-17(16)15(9-21-18)13-5-7-26-8-6-13/h9-14H,1-8H2,(H2,20,21)(H,22,23,24). The first-order chi connectivity index (χ1) is 12.7. The minimum absolute atomic E-state index is 0.205. The van der Waals surface area contributed by atoms with E-state index in [4.69, 9.17) is 15.5 Å². The number of hydrogen-bond donors (Lipinski definition) is 2. The van der Waals surface area contributed by atoms with Gasteiger partial charge in [0.25, 0.3) is 0 Å². The van der Waals surface area contributed by atoms with Crippen LogP contribution in [0.25, 0.3) is 10.9 Å². The maximum absolute atomic E-state index is 10.9. The summed E-state index contributed by atoms with van der Waals surface area (Å²) in [6, 6.07) is 0.314. The normalized spacial score (nSPS) is 24.5. The smallest absolute Gasteiger partial charge is 0.223 e. The van der Waals surface area contributed by atoms with Crippen LogP contribution in [0.5, 0.6) is 0 Å². The van der Waals surface area contributed by atoms with Crippen LogP contribution < -0.4 is 11.1 Å². The van der Waals surface area contributed by atoms with Crippen LogP contribution in [0, 0.1) is 5.92 Å². The molecule has 7 heteroatoms. The molecule has 3 heterocycles. The lowest BCUT2D eigenvalue weighted by Crippen LogP contribution is -2.27. The molecule has 2 aromatic rings. The van der Waals surface area contributed by atoms with E-state index in [0.29, 0.717) is 23.7 Å². The van der Waals surface area contributed by atoms with Gasteiger partial charge in [-0.15, -0.1) is 0 Å². The van der Waals surface area contributed by atoms with Crippen LogP contribution in [0.15, 0.2) is 12.4 Å². The van der Waals surface area contributed by atoms with Gasteiger partial charge in [0.05, 0.1) is 10.9 Å². The zero-order valence-electron chi connectivity index (χ0n) is 14.9. The third-order valence-corrected chi connectivity index (χ3v) is 5.64. The largest absolute Gasteiger partial charge is 0.383 e. The molecule has 0 spiro atoms. The molecule has 1 aliphatic carbocycles. The van der Waals surface area contributed by atoms with Gasteiger partial charge in [-0.05, 0) is 44.4 Å². The monoisotopic (exact) mass is 355 g/mol. The fourth-order valence-electron chi connectivity index (χ4n) is 4.02. The molecule has 2 aromatic heterocycles. The second kappa shape index (κ2) is 7.53. The zero-order valence-corrected chi connectivity index (χ0v) is 14.9. The molecule has 0 aromatic carbocycles. The van der Waals surface area contributed by atoms with Gasteiger partial charge in [0, 0.05) is 43.1 Å². The Morgan fingerprint density at radius 2 is 1.85 bits per heavy atom. The molecule has 2 aliphatic rings. The number of nitrogen functional groups attached to an aromatic ring is 1. The second-order valence-electron chi connectivity index (χ2n) is 7.33. The fraction of sp³-hybridized carbons (Fsp3) is 0.579. The van der Waals surface area contributed by atoms with Crippen molar-refractivity contribution in [2.75, 3.05) is 24.3 Å². The Labute approximate surface area is 152 Å². The molecule has 138 valence electrons. The number of fused-ring (bicyclic) bond motifs is 1. The van der Waals surface area contributed by atoms with Crippen molar-refractivity contribution in [2.24, 2.45) is 5.92 Å². The SMILES string of the molecule is Nc1ncc(C2CCOCC2)c2nc(NC3CCC(C=O)CC3)ncc12. The Kier molecular flexibility index (Phi) is 4.97. The van der Waals surface area contributed by atoms with E-state index in [0.717, 1.165) is 74.5 Å². The summed E-state index contributed by atoms with van der Waals surface area (Å²) in [6.07, 6.45) is 10.5. The molecule has 0 bridgehead atoms. The summed E-state index contributed by atoms with van der Waals surface area (Å²) < 4.78 is 5.48. The van der Waals surface area contributed by atoms with Crippen LogP contribution in [0.3, 0.4) is 0 Å². The molecule has 0 amide bonds. The zero-order chi connectivity index (χ0) is 17.9. The Morgan fingerprint density at radius 1 is 1.08 bits per heavy atom. The minimum Gasteiger partial charge on any atom is -0.383 e. The van der Waals surface area contributed by atoms with Crippen molar-refractivity contribution < 1.29 is 9.53 Å². The molecule has 0 radical (unpaired) electrons. The quantitative estimate of drug-likeness (QED) is 0.813. The van der Waals surface area contributed by atoms with E-state index in [1.807, 2.05) is 6.20 Å². The van der Waals surface area contributed by atoms with E-state index < -0.39 is 0 Å². The van der Waals surface area contributed by atoms with Crippen molar-refractivity contribution >= 4 is 29.0 Å². The molecule has 1 saturated heterocycles. The van der Waals surface area contributed by atoms with Gasteiger partial charge in [-0.3, -0.25) is 0 Å². The molecule has 4 rings (SSSR count). The number of nitrogens with zero attached hydrogens (tertiary/aromatic N) is 3. The lowest BCUT2D eigenvalue weighted by molar-refractivity contribution is -0.111. The third kappa shape index (κ3) is 3.49. The number of hydrogen-bond acceptors (Lipinski definition) is 7. The van der Waals surface area contributed by atoms with Gasteiger partial charge in [0.15, 0.2) is 0 Å². The van der Waals surface area contributed by atoms with E-state index in [1.54, 1.807) is 6.20 Å². The van der Waals surface area contributed by atoms with Crippen LogP contribution >= 0.6 is 0 Å². The van der Waals surface area contributed by atoms with E-state index in [1.165, 1.54) is 0 Å². The van der Waals surface area contributed by atoms with Gasteiger partial charge in [0.1, 0.15) is 12.1 Å². The molecule has 1 aliphatic heterocycles. The van der Waals surface area contributed by atoms with Gasteiger partial charge in [-0.1, -0.05) is 0 Å². The second-order valence-corrected chi connectivity index (χ2v) is 7.33. The Balaban J connectivity index is 1.59. The molecule has 2 fully saturated rings. The summed E-state index contributed by atoms with van der Waals surface area (Å²) in [5, 5.41) is 4.25.